The molecule has 0 aliphatic carbocycles. The number of aromatic nitrogens is 2. The van der Waals surface area contributed by atoms with E-state index in [1.54, 1.807) is 6.07 Å². The Morgan fingerprint density at radius 2 is 1.77 bits per heavy atom. The largest absolute Gasteiger partial charge is 0.340 e. The first kappa shape index (κ1) is 19.9. The summed E-state index contributed by atoms with van der Waals surface area (Å²) >= 11 is 0. The van der Waals surface area contributed by atoms with Gasteiger partial charge in [0.25, 0.3) is 5.91 Å². The van der Waals surface area contributed by atoms with Crippen molar-refractivity contribution in [3.05, 3.63) is 47.4 Å². The molecule has 1 aromatic carbocycles. The topological polar surface area (TPSA) is 58.1 Å². The van der Waals surface area contributed by atoms with Crippen LogP contribution in [0, 0.1) is 6.92 Å². The zero-order valence-electron chi connectivity index (χ0n) is 16.5. The molecule has 0 bridgehead atoms. The molecule has 1 amide bonds. The predicted octanol–water partition coefficient (Wildman–Crippen LogP) is 4.91. The Balaban J connectivity index is 2.31. The maximum atomic E-state index is 12.9. The first-order valence-electron chi connectivity index (χ1n) is 9.47. The van der Waals surface area contributed by atoms with Gasteiger partial charge in [0.05, 0.1) is 0 Å². The number of benzene rings is 1. The normalized spacial score (nSPS) is 10.8. The minimum absolute atomic E-state index is 0.0283. The minimum atomic E-state index is -0.0283. The van der Waals surface area contributed by atoms with Crippen LogP contribution in [0.3, 0.4) is 0 Å². The monoisotopic (exact) mass is 354 g/mol. The zero-order valence-corrected chi connectivity index (χ0v) is 16.5. The molecule has 0 unspecified atom stereocenters. The number of aryl methyl sites for hydroxylation is 1. The van der Waals surface area contributed by atoms with Crippen LogP contribution in [0.2, 0.25) is 0 Å². The molecule has 5 heteroatoms. The summed E-state index contributed by atoms with van der Waals surface area (Å²) in [4.78, 5) is 23.6. The molecule has 2 rings (SSSR count). The van der Waals surface area contributed by atoms with Crippen LogP contribution in [0.5, 0.6) is 0 Å². The molecule has 2 aromatic rings. The lowest BCUT2D eigenvalue weighted by molar-refractivity contribution is 0.0749. The van der Waals surface area contributed by atoms with Gasteiger partial charge in [0.15, 0.2) is 0 Å². The molecule has 5 nitrogen and oxygen atoms in total. The minimum Gasteiger partial charge on any atom is -0.340 e. The predicted molar refractivity (Wildman–Crippen MR) is 107 cm³/mol. The second-order valence-electron chi connectivity index (χ2n) is 6.84. The number of rotatable bonds is 8. The maximum Gasteiger partial charge on any atom is 0.272 e. The SMILES string of the molecule is CCCN(CCC)C(=O)c1cc(Nc2ccccc2C(C)C)nc(C)n1. The molecule has 0 aliphatic rings. The molecule has 0 atom stereocenters. The number of carbonyl (C=O) groups excluding carboxylic acids is 1. The number of nitrogens with zero attached hydrogens (tertiary/aromatic N) is 3. The Morgan fingerprint density at radius 3 is 2.38 bits per heavy atom. The van der Waals surface area contributed by atoms with Crippen LogP contribution in [0.25, 0.3) is 0 Å². The quantitative estimate of drug-likeness (QED) is 0.731. The Kier molecular flexibility index (Phi) is 7.13. The van der Waals surface area contributed by atoms with Gasteiger partial charge in [-0.15, -0.1) is 0 Å². The van der Waals surface area contributed by atoms with Crippen LogP contribution in [0.15, 0.2) is 30.3 Å². The summed E-state index contributed by atoms with van der Waals surface area (Å²) in [6.45, 7) is 11.8. The fraction of sp³-hybridized carbons (Fsp3) is 0.476. The van der Waals surface area contributed by atoms with E-state index in [0.717, 1.165) is 31.6 Å². The van der Waals surface area contributed by atoms with Gasteiger partial charge >= 0.3 is 0 Å². The fourth-order valence-corrected chi connectivity index (χ4v) is 3.01. The van der Waals surface area contributed by atoms with Crippen molar-refractivity contribution in [2.24, 2.45) is 0 Å². The van der Waals surface area contributed by atoms with Crippen molar-refractivity contribution in [1.29, 1.82) is 0 Å². The van der Waals surface area contributed by atoms with Crippen molar-refractivity contribution < 1.29 is 4.79 Å². The van der Waals surface area contributed by atoms with E-state index < -0.39 is 0 Å². The summed E-state index contributed by atoms with van der Waals surface area (Å²) in [7, 11) is 0. The second-order valence-corrected chi connectivity index (χ2v) is 6.84. The highest BCUT2D eigenvalue weighted by Crippen LogP contribution is 2.26. The molecular weight excluding hydrogens is 324 g/mol. The molecule has 1 aromatic heterocycles. The van der Waals surface area contributed by atoms with Gasteiger partial charge < -0.3 is 10.2 Å². The summed E-state index contributed by atoms with van der Waals surface area (Å²) in [6.07, 6.45) is 1.87. The van der Waals surface area contributed by atoms with Crippen molar-refractivity contribution in [3.8, 4) is 0 Å². The van der Waals surface area contributed by atoms with E-state index in [0.29, 0.717) is 23.3 Å². The first-order valence-corrected chi connectivity index (χ1v) is 9.47. The van der Waals surface area contributed by atoms with Gasteiger partial charge in [-0.25, -0.2) is 9.97 Å². The van der Waals surface area contributed by atoms with E-state index in [2.05, 4.69) is 49.0 Å². The van der Waals surface area contributed by atoms with Crippen LogP contribution in [-0.4, -0.2) is 33.9 Å². The Labute approximate surface area is 156 Å². The van der Waals surface area contributed by atoms with Crippen molar-refractivity contribution in [1.82, 2.24) is 14.9 Å². The fourth-order valence-electron chi connectivity index (χ4n) is 3.01. The molecule has 0 saturated heterocycles. The molecule has 1 heterocycles. The van der Waals surface area contributed by atoms with Gasteiger partial charge in [-0.3, -0.25) is 4.79 Å². The smallest absolute Gasteiger partial charge is 0.272 e. The molecule has 0 radical (unpaired) electrons. The van der Waals surface area contributed by atoms with Crippen LogP contribution in [0.4, 0.5) is 11.5 Å². The third-order valence-corrected chi connectivity index (χ3v) is 4.18. The van der Waals surface area contributed by atoms with Crippen molar-refractivity contribution in [2.45, 2.75) is 53.4 Å². The summed E-state index contributed by atoms with van der Waals surface area (Å²) in [5, 5.41) is 3.37. The first-order chi connectivity index (χ1) is 12.5. The highest BCUT2D eigenvalue weighted by atomic mass is 16.2. The van der Waals surface area contributed by atoms with Gasteiger partial charge in [0, 0.05) is 24.8 Å². The number of amides is 1. The molecule has 0 fully saturated rings. The van der Waals surface area contributed by atoms with Gasteiger partial charge in [0.2, 0.25) is 0 Å². The van der Waals surface area contributed by atoms with Crippen LogP contribution in [-0.2, 0) is 0 Å². The zero-order chi connectivity index (χ0) is 19.1. The number of anilines is 2. The lowest BCUT2D eigenvalue weighted by atomic mass is 10.0. The van der Waals surface area contributed by atoms with E-state index in [1.165, 1.54) is 5.56 Å². The number of para-hydroxylation sites is 1. The van der Waals surface area contributed by atoms with Gasteiger partial charge in [-0.2, -0.15) is 0 Å². The highest BCUT2D eigenvalue weighted by Gasteiger charge is 2.18. The molecule has 26 heavy (non-hydrogen) atoms. The maximum absolute atomic E-state index is 12.9. The van der Waals surface area contributed by atoms with E-state index in [1.807, 2.05) is 30.0 Å². The molecule has 140 valence electrons. The van der Waals surface area contributed by atoms with E-state index in [4.69, 9.17) is 0 Å². The average molecular weight is 354 g/mol. The average Bonchev–Trinajstić information content (AvgIpc) is 2.60. The van der Waals surface area contributed by atoms with Gasteiger partial charge in [-0.05, 0) is 37.3 Å². The van der Waals surface area contributed by atoms with E-state index >= 15 is 0 Å². The van der Waals surface area contributed by atoms with Gasteiger partial charge in [0.1, 0.15) is 17.3 Å². The number of hydrogen-bond acceptors (Lipinski definition) is 4. The standard InChI is InChI=1S/C21H30N4O/c1-6-12-25(13-7-2)21(26)19-14-20(23-16(5)22-19)24-18-11-9-8-10-17(18)15(3)4/h8-11,14-15H,6-7,12-13H2,1-5H3,(H,22,23,24). The number of carbonyl (C=O) groups is 1. The summed E-state index contributed by atoms with van der Waals surface area (Å²) < 4.78 is 0. The molecule has 0 spiro atoms. The lowest BCUT2D eigenvalue weighted by Gasteiger charge is -2.21. The molecular formula is C21H30N4O. The second kappa shape index (κ2) is 9.32. The summed E-state index contributed by atoms with van der Waals surface area (Å²) in [6, 6.07) is 9.93. The van der Waals surface area contributed by atoms with Crippen molar-refractivity contribution >= 4 is 17.4 Å². The Morgan fingerprint density at radius 1 is 1.12 bits per heavy atom. The number of hydrogen-bond donors (Lipinski definition) is 1. The Bertz CT molecular complexity index is 737. The number of nitrogens with one attached hydrogen (secondary N) is 1. The molecule has 0 saturated carbocycles. The third-order valence-electron chi connectivity index (χ3n) is 4.18. The summed E-state index contributed by atoms with van der Waals surface area (Å²) in [5.74, 6) is 1.61. The van der Waals surface area contributed by atoms with E-state index in [9.17, 15) is 4.79 Å². The van der Waals surface area contributed by atoms with Crippen molar-refractivity contribution in [3.63, 3.8) is 0 Å². The molecule has 0 aliphatic heterocycles. The van der Waals surface area contributed by atoms with Crippen LogP contribution < -0.4 is 5.32 Å². The summed E-state index contributed by atoms with van der Waals surface area (Å²) in [5.41, 5.74) is 2.68. The van der Waals surface area contributed by atoms with Crippen LogP contribution in [0.1, 0.15) is 68.3 Å². The lowest BCUT2D eigenvalue weighted by Crippen LogP contribution is -2.33. The van der Waals surface area contributed by atoms with Gasteiger partial charge in [-0.1, -0.05) is 45.9 Å². The Hall–Kier alpha value is -2.43. The van der Waals surface area contributed by atoms with Crippen LogP contribution >= 0.6 is 0 Å². The van der Waals surface area contributed by atoms with E-state index in [-0.39, 0.29) is 5.91 Å². The highest BCUT2D eigenvalue weighted by molar-refractivity contribution is 5.93. The third kappa shape index (κ3) is 5.04. The molecule has 1 N–H and O–H groups in total. The van der Waals surface area contributed by atoms with Crippen molar-refractivity contribution in [2.75, 3.05) is 18.4 Å².